The Kier molecular flexibility index (Phi) is 3.43. The fourth-order valence-corrected chi connectivity index (χ4v) is 2.54. The van der Waals surface area contributed by atoms with E-state index in [4.69, 9.17) is 5.73 Å². The van der Waals surface area contributed by atoms with Crippen LogP contribution in [0.1, 0.15) is 31.2 Å². The second kappa shape index (κ2) is 4.69. The highest BCUT2D eigenvalue weighted by Gasteiger charge is 2.36. The van der Waals surface area contributed by atoms with E-state index in [1.165, 1.54) is 12.1 Å². The molecule has 0 heterocycles. The number of nitrogens with two attached hydrogens (primary N) is 1. The van der Waals surface area contributed by atoms with Crippen molar-refractivity contribution in [2.75, 3.05) is 0 Å². The molecule has 17 heavy (non-hydrogen) atoms. The van der Waals surface area contributed by atoms with Crippen LogP contribution in [0, 0.1) is 11.6 Å². The van der Waals surface area contributed by atoms with Gasteiger partial charge in [-0.25, -0.2) is 13.2 Å². The lowest BCUT2D eigenvalue weighted by atomic mass is 9.79. The summed E-state index contributed by atoms with van der Waals surface area (Å²) in [5.41, 5.74) is 4.33. The van der Waals surface area contributed by atoms with Crippen molar-refractivity contribution in [3.63, 3.8) is 0 Å². The molecule has 0 aliphatic heterocycles. The minimum absolute atomic E-state index is 0.0930. The molecule has 94 valence electrons. The smallest absolute Gasteiger partial charge is 0.162 e. The molecule has 2 rings (SSSR count). The minimum atomic E-state index is -1.49. The highest BCUT2D eigenvalue weighted by Crippen LogP contribution is 2.35. The molecule has 2 atom stereocenters. The lowest BCUT2D eigenvalue weighted by Gasteiger charge is -2.33. The normalized spacial score (nSPS) is 29.3. The van der Waals surface area contributed by atoms with Crippen LogP contribution in [-0.2, 0) is 6.42 Å². The van der Waals surface area contributed by atoms with E-state index in [9.17, 15) is 13.2 Å². The van der Waals surface area contributed by atoms with E-state index < -0.39 is 17.3 Å². The van der Waals surface area contributed by atoms with Gasteiger partial charge in [0.25, 0.3) is 0 Å². The first kappa shape index (κ1) is 12.4. The Balaban J connectivity index is 2.17. The standard InChI is InChI=1S/C13H16F3N/c14-11-5-1-3-9(12(11)15)7-13(16)6-2-4-10(17)8-13/h1,3,5,10H,2,4,6-8,17H2. The summed E-state index contributed by atoms with van der Waals surface area (Å²) < 4.78 is 40.9. The lowest BCUT2D eigenvalue weighted by molar-refractivity contribution is 0.0953. The number of alkyl halides is 1. The summed E-state index contributed by atoms with van der Waals surface area (Å²) in [6, 6.07) is 3.70. The molecule has 1 aliphatic rings. The Morgan fingerprint density at radius 2 is 2.12 bits per heavy atom. The molecule has 0 radical (unpaired) electrons. The monoisotopic (exact) mass is 243 g/mol. The summed E-state index contributed by atoms with van der Waals surface area (Å²) >= 11 is 0. The van der Waals surface area contributed by atoms with Crippen LogP contribution in [0.5, 0.6) is 0 Å². The van der Waals surface area contributed by atoms with E-state index in [0.29, 0.717) is 12.8 Å². The van der Waals surface area contributed by atoms with Crippen molar-refractivity contribution >= 4 is 0 Å². The zero-order chi connectivity index (χ0) is 12.5. The summed E-state index contributed by atoms with van der Waals surface area (Å²) in [6.07, 6.45) is 2.01. The molecule has 0 amide bonds. The Morgan fingerprint density at radius 1 is 1.35 bits per heavy atom. The Labute approximate surface area is 98.8 Å². The summed E-state index contributed by atoms with van der Waals surface area (Å²) in [4.78, 5) is 0. The van der Waals surface area contributed by atoms with Gasteiger partial charge in [0.05, 0.1) is 0 Å². The molecule has 1 fully saturated rings. The fourth-order valence-electron chi connectivity index (χ4n) is 2.54. The zero-order valence-electron chi connectivity index (χ0n) is 9.56. The van der Waals surface area contributed by atoms with Crippen molar-refractivity contribution in [2.24, 2.45) is 5.73 Å². The van der Waals surface area contributed by atoms with Gasteiger partial charge in [-0.3, -0.25) is 0 Å². The second-order valence-electron chi connectivity index (χ2n) is 4.90. The van der Waals surface area contributed by atoms with Crippen LogP contribution in [0.2, 0.25) is 0 Å². The average Bonchev–Trinajstić information content (AvgIpc) is 2.24. The highest BCUT2D eigenvalue weighted by atomic mass is 19.2. The predicted octanol–water partition coefficient (Wildman–Crippen LogP) is 3.12. The largest absolute Gasteiger partial charge is 0.328 e. The van der Waals surface area contributed by atoms with Crippen LogP contribution < -0.4 is 5.73 Å². The Hall–Kier alpha value is -1.03. The quantitative estimate of drug-likeness (QED) is 0.848. The summed E-state index contributed by atoms with van der Waals surface area (Å²) in [6.45, 7) is 0. The summed E-state index contributed by atoms with van der Waals surface area (Å²) in [5.74, 6) is -1.87. The SMILES string of the molecule is NC1CCCC(F)(Cc2cccc(F)c2F)C1. The zero-order valence-corrected chi connectivity index (χ0v) is 9.56. The van der Waals surface area contributed by atoms with E-state index in [1.54, 1.807) is 0 Å². The van der Waals surface area contributed by atoms with Gasteiger partial charge in [0.2, 0.25) is 0 Å². The maximum atomic E-state index is 14.5. The highest BCUT2D eigenvalue weighted by molar-refractivity contribution is 5.21. The lowest BCUT2D eigenvalue weighted by Crippen LogP contribution is -2.39. The van der Waals surface area contributed by atoms with Crippen LogP contribution in [0.15, 0.2) is 18.2 Å². The number of benzene rings is 1. The molecule has 1 aromatic carbocycles. The third-order valence-electron chi connectivity index (χ3n) is 3.37. The van der Waals surface area contributed by atoms with Gasteiger partial charge in [-0.1, -0.05) is 12.1 Å². The number of hydrogen-bond donors (Lipinski definition) is 1. The maximum Gasteiger partial charge on any atom is 0.162 e. The molecular weight excluding hydrogens is 227 g/mol. The van der Waals surface area contributed by atoms with Gasteiger partial charge in [-0.15, -0.1) is 0 Å². The van der Waals surface area contributed by atoms with Gasteiger partial charge in [0, 0.05) is 12.5 Å². The molecule has 1 saturated carbocycles. The maximum absolute atomic E-state index is 14.5. The summed E-state index contributed by atoms with van der Waals surface area (Å²) in [7, 11) is 0. The third-order valence-corrected chi connectivity index (χ3v) is 3.37. The fraction of sp³-hybridized carbons (Fsp3) is 0.538. The minimum Gasteiger partial charge on any atom is -0.328 e. The molecule has 0 bridgehead atoms. The molecule has 0 aromatic heterocycles. The Morgan fingerprint density at radius 3 is 2.82 bits per heavy atom. The first-order valence-corrected chi connectivity index (χ1v) is 5.88. The van der Waals surface area contributed by atoms with Crippen molar-refractivity contribution in [1.82, 2.24) is 0 Å². The second-order valence-corrected chi connectivity index (χ2v) is 4.90. The third kappa shape index (κ3) is 2.80. The van der Waals surface area contributed by atoms with E-state index in [0.717, 1.165) is 12.5 Å². The Bertz CT molecular complexity index is 408. The number of rotatable bonds is 2. The van der Waals surface area contributed by atoms with Crippen LogP contribution in [0.25, 0.3) is 0 Å². The van der Waals surface area contributed by atoms with E-state index in [2.05, 4.69) is 0 Å². The van der Waals surface area contributed by atoms with Gasteiger partial charge in [-0.2, -0.15) is 0 Å². The van der Waals surface area contributed by atoms with Crippen LogP contribution in [0.3, 0.4) is 0 Å². The van der Waals surface area contributed by atoms with E-state index in [-0.39, 0.29) is 24.4 Å². The topological polar surface area (TPSA) is 26.0 Å². The van der Waals surface area contributed by atoms with Crippen molar-refractivity contribution in [1.29, 1.82) is 0 Å². The van der Waals surface area contributed by atoms with Gasteiger partial charge in [0.15, 0.2) is 11.6 Å². The van der Waals surface area contributed by atoms with Gasteiger partial charge >= 0.3 is 0 Å². The molecule has 1 aliphatic carbocycles. The average molecular weight is 243 g/mol. The van der Waals surface area contributed by atoms with E-state index in [1.807, 2.05) is 0 Å². The first-order chi connectivity index (χ1) is 8.00. The first-order valence-electron chi connectivity index (χ1n) is 5.88. The summed E-state index contributed by atoms with van der Waals surface area (Å²) in [5, 5.41) is 0. The van der Waals surface area contributed by atoms with Crippen molar-refractivity contribution < 1.29 is 13.2 Å². The van der Waals surface area contributed by atoms with Gasteiger partial charge < -0.3 is 5.73 Å². The molecule has 1 nitrogen and oxygen atoms in total. The molecule has 0 spiro atoms. The number of hydrogen-bond acceptors (Lipinski definition) is 1. The molecule has 4 heteroatoms. The van der Waals surface area contributed by atoms with Crippen molar-refractivity contribution in [2.45, 2.75) is 43.8 Å². The van der Waals surface area contributed by atoms with Crippen molar-refractivity contribution in [3.05, 3.63) is 35.4 Å². The van der Waals surface area contributed by atoms with Crippen LogP contribution in [-0.4, -0.2) is 11.7 Å². The molecular formula is C13H16F3N. The molecule has 2 N–H and O–H groups in total. The molecule has 2 unspecified atom stereocenters. The predicted molar refractivity (Wildman–Crippen MR) is 60.3 cm³/mol. The number of halogens is 3. The van der Waals surface area contributed by atoms with Gasteiger partial charge in [0.1, 0.15) is 5.67 Å². The molecule has 0 saturated heterocycles. The van der Waals surface area contributed by atoms with Crippen LogP contribution in [0.4, 0.5) is 13.2 Å². The molecule has 1 aromatic rings. The van der Waals surface area contributed by atoms with E-state index >= 15 is 0 Å². The van der Waals surface area contributed by atoms with Gasteiger partial charge in [-0.05, 0) is 37.3 Å². The van der Waals surface area contributed by atoms with Crippen LogP contribution >= 0.6 is 0 Å². The van der Waals surface area contributed by atoms with Crippen molar-refractivity contribution in [3.8, 4) is 0 Å².